The first kappa shape index (κ1) is 22.4. The SMILES string of the molecule is CCOc1ccc([C@@H](C)NC(=O)CN(c2ccccc2)S(=O)(=O)c2ccccc2)cc1. The molecule has 0 saturated heterocycles. The van der Waals surface area contributed by atoms with Gasteiger partial charge in [0.2, 0.25) is 5.91 Å². The second kappa shape index (κ2) is 10.1. The second-order valence-corrected chi connectivity index (χ2v) is 8.81. The molecule has 0 spiro atoms. The van der Waals surface area contributed by atoms with Crippen LogP contribution in [0.5, 0.6) is 5.75 Å². The molecule has 3 aromatic rings. The summed E-state index contributed by atoms with van der Waals surface area (Å²) < 4.78 is 33.1. The summed E-state index contributed by atoms with van der Waals surface area (Å²) in [4.78, 5) is 12.9. The summed E-state index contributed by atoms with van der Waals surface area (Å²) in [5.41, 5.74) is 1.32. The number of ether oxygens (including phenoxy) is 1. The van der Waals surface area contributed by atoms with Crippen LogP contribution in [0.3, 0.4) is 0 Å². The molecule has 0 aromatic heterocycles. The van der Waals surface area contributed by atoms with Crippen LogP contribution in [0.25, 0.3) is 0 Å². The lowest BCUT2D eigenvalue weighted by atomic mass is 10.1. The number of hydrogen-bond acceptors (Lipinski definition) is 4. The molecule has 0 saturated carbocycles. The standard InChI is InChI=1S/C24H26N2O4S/c1-3-30-22-16-14-20(15-17-22)19(2)25-24(27)18-26(21-10-6-4-7-11-21)31(28,29)23-12-8-5-9-13-23/h4-17,19H,3,18H2,1-2H3,(H,25,27)/t19-/m1/s1. The van der Waals surface area contributed by atoms with Crippen LogP contribution < -0.4 is 14.4 Å². The highest BCUT2D eigenvalue weighted by Gasteiger charge is 2.27. The van der Waals surface area contributed by atoms with Crippen LogP contribution in [-0.4, -0.2) is 27.5 Å². The summed E-state index contributed by atoms with van der Waals surface area (Å²) in [6, 6.07) is 23.9. The summed E-state index contributed by atoms with van der Waals surface area (Å²) >= 11 is 0. The lowest BCUT2D eigenvalue weighted by molar-refractivity contribution is -0.120. The maximum absolute atomic E-state index is 13.3. The zero-order chi connectivity index (χ0) is 22.3. The fourth-order valence-electron chi connectivity index (χ4n) is 3.15. The van der Waals surface area contributed by atoms with E-state index in [1.807, 2.05) is 38.1 Å². The van der Waals surface area contributed by atoms with Gasteiger partial charge in [-0.3, -0.25) is 9.10 Å². The monoisotopic (exact) mass is 438 g/mol. The van der Waals surface area contributed by atoms with E-state index in [4.69, 9.17) is 4.74 Å². The Morgan fingerprint density at radius 2 is 1.52 bits per heavy atom. The molecular weight excluding hydrogens is 412 g/mol. The average Bonchev–Trinajstić information content (AvgIpc) is 2.79. The van der Waals surface area contributed by atoms with E-state index < -0.39 is 15.9 Å². The van der Waals surface area contributed by atoms with Crippen molar-refractivity contribution >= 4 is 21.6 Å². The number of sulfonamides is 1. The zero-order valence-corrected chi connectivity index (χ0v) is 18.4. The lowest BCUT2D eigenvalue weighted by Gasteiger charge is -2.25. The molecule has 31 heavy (non-hydrogen) atoms. The predicted molar refractivity (Wildman–Crippen MR) is 122 cm³/mol. The van der Waals surface area contributed by atoms with E-state index in [-0.39, 0.29) is 17.5 Å². The van der Waals surface area contributed by atoms with E-state index in [0.29, 0.717) is 12.3 Å². The summed E-state index contributed by atoms with van der Waals surface area (Å²) in [6.45, 7) is 4.02. The molecule has 0 fully saturated rings. The van der Waals surface area contributed by atoms with Crippen LogP contribution in [0.4, 0.5) is 5.69 Å². The molecule has 6 nitrogen and oxygen atoms in total. The molecule has 7 heteroatoms. The number of nitrogens with one attached hydrogen (secondary N) is 1. The molecule has 0 aliphatic heterocycles. The van der Waals surface area contributed by atoms with Crippen molar-refractivity contribution in [1.29, 1.82) is 0 Å². The first-order valence-electron chi connectivity index (χ1n) is 10.1. The van der Waals surface area contributed by atoms with E-state index in [9.17, 15) is 13.2 Å². The maximum atomic E-state index is 13.3. The first-order chi connectivity index (χ1) is 14.9. The van der Waals surface area contributed by atoms with E-state index >= 15 is 0 Å². The Labute approximate surface area is 183 Å². The number of para-hydroxylation sites is 1. The number of carbonyl (C=O) groups excluding carboxylic acids is 1. The van der Waals surface area contributed by atoms with Gasteiger partial charge in [-0.2, -0.15) is 0 Å². The Morgan fingerprint density at radius 3 is 2.10 bits per heavy atom. The predicted octanol–water partition coefficient (Wildman–Crippen LogP) is 4.16. The second-order valence-electron chi connectivity index (χ2n) is 6.95. The molecule has 0 bridgehead atoms. The Morgan fingerprint density at radius 1 is 0.935 bits per heavy atom. The van der Waals surface area contributed by atoms with E-state index in [1.165, 1.54) is 12.1 Å². The molecule has 1 amide bonds. The van der Waals surface area contributed by atoms with E-state index in [2.05, 4.69) is 5.32 Å². The molecule has 1 N–H and O–H groups in total. The van der Waals surface area contributed by atoms with Gasteiger partial charge in [-0.1, -0.05) is 48.5 Å². The van der Waals surface area contributed by atoms with Crippen LogP contribution in [0.2, 0.25) is 0 Å². The van der Waals surface area contributed by atoms with Gasteiger partial charge in [0.1, 0.15) is 12.3 Å². The maximum Gasteiger partial charge on any atom is 0.264 e. The van der Waals surface area contributed by atoms with Crippen LogP contribution in [-0.2, 0) is 14.8 Å². The van der Waals surface area contributed by atoms with Crippen molar-refractivity contribution in [2.75, 3.05) is 17.5 Å². The summed E-state index contributed by atoms with van der Waals surface area (Å²) in [5, 5.41) is 2.89. The highest BCUT2D eigenvalue weighted by molar-refractivity contribution is 7.92. The fraction of sp³-hybridized carbons (Fsp3) is 0.208. The van der Waals surface area contributed by atoms with Gasteiger partial charge in [0.25, 0.3) is 10.0 Å². The minimum atomic E-state index is -3.91. The Balaban J connectivity index is 1.79. The van der Waals surface area contributed by atoms with Crippen molar-refractivity contribution in [3.8, 4) is 5.75 Å². The number of amides is 1. The molecule has 0 aliphatic rings. The third-order valence-electron chi connectivity index (χ3n) is 4.73. The van der Waals surface area contributed by atoms with Gasteiger partial charge in [0, 0.05) is 0 Å². The van der Waals surface area contributed by atoms with Gasteiger partial charge in [-0.15, -0.1) is 0 Å². The van der Waals surface area contributed by atoms with Crippen molar-refractivity contribution in [2.45, 2.75) is 24.8 Å². The Hall–Kier alpha value is -3.32. The third kappa shape index (κ3) is 5.64. The number of carbonyl (C=O) groups is 1. The van der Waals surface area contributed by atoms with Gasteiger partial charge >= 0.3 is 0 Å². The summed E-state index contributed by atoms with van der Waals surface area (Å²) in [7, 11) is -3.91. The molecule has 162 valence electrons. The normalized spacial score (nSPS) is 12.1. The number of rotatable bonds is 9. The molecule has 0 radical (unpaired) electrons. The van der Waals surface area contributed by atoms with Crippen LogP contribution in [0.1, 0.15) is 25.5 Å². The number of anilines is 1. The molecular formula is C24H26N2O4S. The molecule has 0 aliphatic carbocycles. The number of nitrogens with zero attached hydrogens (tertiary/aromatic N) is 1. The van der Waals surface area contributed by atoms with Crippen molar-refractivity contribution in [3.63, 3.8) is 0 Å². The van der Waals surface area contributed by atoms with Gasteiger partial charge in [0.15, 0.2) is 0 Å². The number of benzene rings is 3. The Bertz CT molecular complexity index is 1090. The van der Waals surface area contributed by atoms with Gasteiger partial charge in [0.05, 0.1) is 23.2 Å². The zero-order valence-electron chi connectivity index (χ0n) is 17.6. The minimum Gasteiger partial charge on any atom is -0.494 e. The first-order valence-corrected chi connectivity index (χ1v) is 11.5. The Kier molecular flexibility index (Phi) is 7.31. The molecule has 3 aromatic carbocycles. The molecule has 0 heterocycles. The molecule has 3 rings (SSSR count). The average molecular weight is 439 g/mol. The lowest BCUT2D eigenvalue weighted by Crippen LogP contribution is -2.41. The minimum absolute atomic E-state index is 0.131. The van der Waals surface area contributed by atoms with Gasteiger partial charge in [-0.05, 0) is 55.8 Å². The van der Waals surface area contributed by atoms with Crippen molar-refractivity contribution in [1.82, 2.24) is 5.32 Å². The van der Waals surface area contributed by atoms with Crippen molar-refractivity contribution < 1.29 is 17.9 Å². The molecule has 1 atom stereocenters. The topological polar surface area (TPSA) is 75.7 Å². The third-order valence-corrected chi connectivity index (χ3v) is 6.52. The van der Waals surface area contributed by atoms with Crippen molar-refractivity contribution in [2.24, 2.45) is 0 Å². The van der Waals surface area contributed by atoms with Crippen LogP contribution in [0, 0.1) is 0 Å². The van der Waals surface area contributed by atoms with Gasteiger partial charge < -0.3 is 10.1 Å². The molecule has 0 unspecified atom stereocenters. The van der Waals surface area contributed by atoms with E-state index in [0.717, 1.165) is 15.6 Å². The largest absolute Gasteiger partial charge is 0.494 e. The summed E-state index contributed by atoms with van der Waals surface area (Å²) in [6.07, 6.45) is 0. The van der Waals surface area contributed by atoms with Crippen LogP contribution >= 0.6 is 0 Å². The quantitative estimate of drug-likeness (QED) is 0.544. The summed E-state index contributed by atoms with van der Waals surface area (Å²) in [5.74, 6) is 0.360. The number of hydrogen-bond donors (Lipinski definition) is 1. The van der Waals surface area contributed by atoms with E-state index in [1.54, 1.807) is 48.5 Å². The fourth-order valence-corrected chi connectivity index (χ4v) is 4.59. The smallest absolute Gasteiger partial charge is 0.264 e. The van der Waals surface area contributed by atoms with Crippen molar-refractivity contribution in [3.05, 3.63) is 90.5 Å². The van der Waals surface area contributed by atoms with Crippen LogP contribution in [0.15, 0.2) is 89.8 Å². The van der Waals surface area contributed by atoms with Gasteiger partial charge in [-0.25, -0.2) is 8.42 Å². The highest BCUT2D eigenvalue weighted by atomic mass is 32.2. The highest BCUT2D eigenvalue weighted by Crippen LogP contribution is 2.23.